The van der Waals surface area contributed by atoms with Gasteiger partial charge in [-0.15, -0.1) is 0 Å². The molecule has 182 valence electrons. The van der Waals surface area contributed by atoms with Gasteiger partial charge in [-0.05, 0) is 49.2 Å². The van der Waals surface area contributed by atoms with Crippen molar-refractivity contribution in [2.75, 3.05) is 19.6 Å². The van der Waals surface area contributed by atoms with E-state index in [4.69, 9.17) is 16.3 Å². The Labute approximate surface area is 209 Å². The number of benzene rings is 3. The molecule has 1 aliphatic rings. The van der Waals surface area contributed by atoms with Crippen LogP contribution in [-0.4, -0.2) is 50.2 Å². The monoisotopic (exact) mass is 512 g/mol. The first kappa shape index (κ1) is 24.9. The lowest BCUT2D eigenvalue weighted by Gasteiger charge is -2.31. The Hall–Kier alpha value is -3.20. The molecule has 35 heavy (non-hydrogen) atoms. The van der Waals surface area contributed by atoms with Crippen LogP contribution in [0.25, 0.3) is 0 Å². The van der Waals surface area contributed by atoms with Crippen molar-refractivity contribution in [3.63, 3.8) is 0 Å². The fraction of sp³-hybridized carbons (Fsp3) is 0.231. The van der Waals surface area contributed by atoms with E-state index < -0.39 is 15.9 Å². The van der Waals surface area contributed by atoms with E-state index in [0.717, 1.165) is 0 Å². The highest BCUT2D eigenvalue weighted by Crippen LogP contribution is 2.26. The fourth-order valence-corrected chi connectivity index (χ4v) is 5.46. The minimum Gasteiger partial charge on any atom is -0.489 e. The smallest absolute Gasteiger partial charge is 0.255 e. The predicted octanol–water partition coefficient (Wildman–Crippen LogP) is 4.18. The number of nitrogens with one attached hydrogen (secondary N) is 1. The Kier molecular flexibility index (Phi) is 7.85. The second-order valence-corrected chi connectivity index (χ2v) is 10.5. The number of ketones is 1. The third kappa shape index (κ3) is 6.08. The average molecular weight is 513 g/mol. The summed E-state index contributed by atoms with van der Waals surface area (Å²) in [6.07, 6.45) is 0.719. The van der Waals surface area contributed by atoms with Crippen LogP contribution in [0, 0.1) is 0 Å². The van der Waals surface area contributed by atoms with Crippen molar-refractivity contribution in [1.82, 2.24) is 9.62 Å². The molecule has 1 fully saturated rings. The summed E-state index contributed by atoms with van der Waals surface area (Å²) in [6, 6.07) is 21.7. The molecule has 0 aromatic heterocycles. The van der Waals surface area contributed by atoms with Crippen LogP contribution in [0.3, 0.4) is 0 Å². The maximum absolute atomic E-state index is 12.9. The van der Waals surface area contributed by atoms with Gasteiger partial charge >= 0.3 is 0 Å². The number of carbonyl (C=O) groups excluding carboxylic acids is 2. The van der Waals surface area contributed by atoms with Crippen LogP contribution in [0.15, 0.2) is 83.8 Å². The normalized spacial score (nSPS) is 14.9. The quantitative estimate of drug-likeness (QED) is 0.457. The van der Waals surface area contributed by atoms with Crippen molar-refractivity contribution < 1.29 is 22.7 Å². The topological polar surface area (TPSA) is 92.8 Å². The SMILES string of the molecule is O=C(CNC(=O)c1ccccc1OC1CCN(S(=O)(=O)c2ccc(Cl)cc2)CC1)c1ccccc1. The molecule has 3 aromatic carbocycles. The summed E-state index contributed by atoms with van der Waals surface area (Å²) in [6.45, 7) is 0.475. The molecule has 0 radical (unpaired) electrons. The number of halogens is 1. The van der Waals surface area contributed by atoms with Gasteiger partial charge in [-0.2, -0.15) is 4.31 Å². The number of amides is 1. The summed E-state index contributed by atoms with van der Waals surface area (Å²) < 4.78 is 33.3. The zero-order valence-electron chi connectivity index (χ0n) is 18.9. The van der Waals surface area contributed by atoms with E-state index in [-0.39, 0.29) is 23.3 Å². The van der Waals surface area contributed by atoms with Gasteiger partial charge in [-0.25, -0.2) is 8.42 Å². The summed E-state index contributed by atoms with van der Waals surface area (Å²) in [5.74, 6) is -0.199. The first-order chi connectivity index (χ1) is 16.8. The summed E-state index contributed by atoms with van der Waals surface area (Å²) in [4.78, 5) is 25.3. The second-order valence-electron chi connectivity index (χ2n) is 8.14. The molecule has 0 spiro atoms. The number of rotatable bonds is 8. The van der Waals surface area contributed by atoms with Crippen molar-refractivity contribution in [2.24, 2.45) is 0 Å². The summed E-state index contributed by atoms with van der Waals surface area (Å²) in [5.41, 5.74) is 0.849. The van der Waals surface area contributed by atoms with Crippen LogP contribution in [0.1, 0.15) is 33.6 Å². The highest BCUT2D eigenvalue weighted by Gasteiger charge is 2.30. The van der Waals surface area contributed by atoms with Crippen LogP contribution in [-0.2, 0) is 10.0 Å². The molecule has 1 heterocycles. The third-order valence-corrected chi connectivity index (χ3v) is 7.95. The minimum atomic E-state index is -3.61. The lowest BCUT2D eigenvalue weighted by atomic mass is 10.1. The van der Waals surface area contributed by atoms with Crippen molar-refractivity contribution in [3.8, 4) is 5.75 Å². The first-order valence-corrected chi connectivity index (χ1v) is 13.0. The number of piperidine rings is 1. The molecule has 4 rings (SSSR count). The molecule has 1 N–H and O–H groups in total. The molecule has 3 aromatic rings. The molecule has 0 atom stereocenters. The summed E-state index contributed by atoms with van der Waals surface area (Å²) >= 11 is 5.87. The first-order valence-electron chi connectivity index (χ1n) is 11.2. The molecular weight excluding hydrogens is 488 g/mol. The van der Waals surface area contributed by atoms with Gasteiger partial charge in [0, 0.05) is 23.7 Å². The highest BCUT2D eigenvalue weighted by molar-refractivity contribution is 7.89. The molecule has 0 saturated carbocycles. The van der Waals surface area contributed by atoms with Gasteiger partial charge in [0.1, 0.15) is 11.9 Å². The minimum absolute atomic E-state index is 0.127. The molecule has 0 unspecified atom stereocenters. The third-order valence-electron chi connectivity index (χ3n) is 5.78. The maximum Gasteiger partial charge on any atom is 0.255 e. The molecule has 0 bridgehead atoms. The van der Waals surface area contributed by atoms with E-state index in [0.29, 0.717) is 47.8 Å². The van der Waals surface area contributed by atoms with Crippen LogP contribution in [0.5, 0.6) is 5.75 Å². The molecule has 9 heteroatoms. The number of ether oxygens (including phenoxy) is 1. The molecule has 0 aliphatic carbocycles. The average Bonchev–Trinajstić information content (AvgIpc) is 2.88. The largest absolute Gasteiger partial charge is 0.489 e. The standard InChI is InChI=1S/C26H25ClN2O5S/c27-20-10-12-22(13-11-20)35(32,33)29-16-14-21(15-17-29)34-25-9-5-4-8-23(25)26(31)28-18-24(30)19-6-2-1-3-7-19/h1-13,21H,14-18H2,(H,28,31). The lowest BCUT2D eigenvalue weighted by Crippen LogP contribution is -2.41. The zero-order valence-corrected chi connectivity index (χ0v) is 20.5. The number of para-hydroxylation sites is 1. The van der Waals surface area contributed by atoms with Crippen LogP contribution in [0.2, 0.25) is 5.02 Å². The number of hydrogen-bond donors (Lipinski definition) is 1. The van der Waals surface area contributed by atoms with Gasteiger partial charge < -0.3 is 10.1 Å². The van der Waals surface area contributed by atoms with Crippen molar-refractivity contribution in [3.05, 3.63) is 95.0 Å². The number of hydrogen-bond acceptors (Lipinski definition) is 5. The Morgan fingerprint density at radius 2 is 1.54 bits per heavy atom. The molecular formula is C26H25ClN2O5S. The molecule has 7 nitrogen and oxygen atoms in total. The number of carbonyl (C=O) groups is 2. The summed E-state index contributed by atoms with van der Waals surface area (Å²) in [5, 5.41) is 3.13. The van der Waals surface area contributed by atoms with Crippen LogP contribution < -0.4 is 10.1 Å². The Bertz CT molecular complexity index is 1290. The summed E-state index contributed by atoms with van der Waals surface area (Å²) in [7, 11) is -3.61. The lowest BCUT2D eigenvalue weighted by molar-refractivity contribution is 0.0894. The van der Waals surface area contributed by atoms with Gasteiger partial charge in [-0.1, -0.05) is 54.1 Å². The van der Waals surface area contributed by atoms with Crippen molar-refractivity contribution in [2.45, 2.75) is 23.8 Å². The van der Waals surface area contributed by atoms with Gasteiger partial charge in [-0.3, -0.25) is 9.59 Å². The molecule has 1 saturated heterocycles. The Morgan fingerprint density at radius 3 is 2.23 bits per heavy atom. The highest BCUT2D eigenvalue weighted by atomic mass is 35.5. The van der Waals surface area contributed by atoms with Gasteiger partial charge in [0.25, 0.3) is 5.91 Å². The van der Waals surface area contributed by atoms with E-state index in [1.807, 2.05) is 6.07 Å². The van der Waals surface area contributed by atoms with Crippen molar-refractivity contribution in [1.29, 1.82) is 0 Å². The zero-order chi connectivity index (χ0) is 24.8. The molecule has 1 aliphatic heterocycles. The van der Waals surface area contributed by atoms with E-state index in [1.165, 1.54) is 16.4 Å². The fourth-order valence-electron chi connectivity index (χ4n) is 3.86. The van der Waals surface area contributed by atoms with Gasteiger partial charge in [0.15, 0.2) is 5.78 Å². The number of Topliss-reactive ketones (excluding diaryl/α,β-unsaturated/α-hetero) is 1. The van der Waals surface area contributed by atoms with E-state index in [2.05, 4.69) is 5.32 Å². The Morgan fingerprint density at radius 1 is 0.914 bits per heavy atom. The van der Waals surface area contributed by atoms with Crippen molar-refractivity contribution >= 4 is 33.3 Å². The van der Waals surface area contributed by atoms with Gasteiger partial charge in [0.05, 0.1) is 17.0 Å². The number of sulfonamides is 1. The predicted molar refractivity (Wildman–Crippen MR) is 133 cm³/mol. The Balaban J connectivity index is 1.35. The van der Waals surface area contributed by atoms with Gasteiger partial charge in [0.2, 0.25) is 10.0 Å². The van der Waals surface area contributed by atoms with E-state index in [9.17, 15) is 18.0 Å². The number of nitrogens with zero attached hydrogens (tertiary/aromatic N) is 1. The van der Waals surface area contributed by atoms with Crippen LogP contribution in [0.4, 0.5) is 0 Å². The van der Waals surface area contributed by atoms with E-state index in [1.54, 1.807) is 60.7 Å². The molecule has 1 amide bonds. The second kappa shape index (κ2) is 11.0. The van der Waals surface area contributed by atoms with E-state index >= 15 is 0 Å². The maximum atomic E-state index is 12.9. The van der Waals surface area contributed by atoms with Crippen LogP contribution >= 0.6 is 11.6 Å².